The van der Waals surface area contributed by atoms with Crippen LogP contribution in [0.2, 0.25) is 0 Å². The molecule has 3 aromatic rings. The molecule has 140 valence electrons. The highest BCUT2D eigenvalue weighted by Crippen LogP contribution is 2.41. The average molecular weight is 367 g/mol. The van der Waals surface area contributed by atoms with Crippen molar-refractivity contribution in [3.8, 4) is 11.1 Å². The summed E-state index contributed by atoms with van der Waals surface area (Å²) in [5, 5.41) is 3.56. The van der Waals surface area contributed by atoms with Gasteiger partial charge in [0, 0.05) is 30.2 Å². The Bertz CT molecular complexity index is 1010. The van der Waals surface area contributed by atoms with Crippen molar-refractivity contribution in [2.24, 2.45) is 0 Å². The second-order valence-electron chi connectivity index (χ2n) is 7.32. The van der Waals surface area contributed by atoms with Crippen molar-refractivity contribution in [1.29, 1.82) is 0 Å². The number of fused-ring (bicyclic) bond motifs is 3. The maximum Gasteiger partial charge on any atom is 0.0417 e. The summed E-state index contributed by atoms with van der Waals surface area (Å²) in [6, 6.07) is 21.8. The van der Waals surface area contributed by atoms with Crippen LogP contribution in [0.3, 0.4) is 0 Å². The van der Waals surface area contributed by atoms with Crippen molar-refractivity contribution in [1.82, 2.24) is 0 Å². The Balaban J connectivity index is 1.68. The maximum atomic E-state index is 3.89. The third-order valence-corrected chi connectivity index (χ3v) is 5.33. The van der Waals surface area contributed by atoms with E-state index < -0.39 is 0 Å². The Morgan fingerprint density at radius 1 is 0.893 bits per heavy atom. The van der Waals surface area contributed by atoms with Crippen molar-refractivity contribution >= 4 is 17.1 Å². The van der Waals surface area contributed by atoms with Crippen molar-refractivity contribution in [3.63, 3.8) is 0 Å². The lowest BCUT2D eigenvalue weighted by atomic mass is 10.0. The van der Waals surface area contributed by atoms with E-state index in [-0.39, 0.29) is 0 Å². The van der Waals surface area contributed by atoms with Gasteiger partial charge in [-0.2, -0.15) is 0 Å². The molecule has 2 heteroatoms. The zero-order chi connectivity index (χ0) is 19.5. The molecule has 0 saturated carbocycles. The molecule has 0 amide bonds. The number of hydrogen-bond donors (Lipinski definition) is 1. The minimum Gasteiger partial charge on any atom is -0.364 e. The van der Waals surface area contributed by atoms with Crippen LogP contribution >= 0.6 is 0 Å². The smallest absolute Gasteiger partial charge is 0.0417 e. The number of rotatable bonds is 7. The lowest BCUT2D eigenvalue weighted by Gasteiger charge is -2.22. The van der Waals surface area contributed by atoms with E-state index in [1.54, 1.807) is 0 Å². The van der Waals surface area contributed by atoms with Crippen LogP contribution in [-0.4, -0.2) is 13.1 Å². The summed E-state index contributed by atoms with van der Waals surface area (Å²) in [5.41, 5.74) is 10.3. The van der Waals surface area contributed by atoms with Crippen molar-refractivity contribution in [2.75, 3.05) is 23.3 Å². The number of nitrogens with one attached hydrogen (secondary N) is 1. The molecule has 0 aromatic heterocycles. The molecule has 0 aliphatic heterocycles. The molecule has 0 spiro atoms. The lowest BCUT2D eigenvalue weighted by molar-refractivity contribution is 0.956. The zero-order valence-corrected chi connectivity index (χ0v) is 16.4. The quantitative estimate of drug-likeness (QED) is 0.376. The number of anilines is 3. The van der Waals surface area contributed by atoms with Crippen LogP contribution in [0.15, 0.2) is 86.0 Å². The first-order valence-corrected chi connectivity index (χ1v) is 9.75. The highest BCUT2D eigenvalue weighted by atomic mass is 15.1. The van der Waals surface area contributed by atoms with Crippen LogP contribution in [0.1, 0.15) is 16.7 Å². The van der Waals surface area contributed by atoms with Crippen molar-refractivity contribution in [3.05, 3.63) is 103 Å². The number of benzene rings is 3. The molecule has 1 aliphatic rings. The molecular formula is C26H26N2. The van der Waals surface area contributed by atoms with Gasteiger partial charge in [-0.1, -0.05) is 36.4 Å². The standard InChI is InChI=1S/C26H26N2/c1-4-13-28(14-5-2)23-12-11-20-16-21-17-26(27-22-9-7-6-8-10-22)19(3)15-24(21)25(20)18-23/h4-12,15,17-18,27H,1-2,13-14,16H2,3H3. The zero-order valence-electron chi connectivity index (χ0n) is 16.4. The summed E-state index contributed by atoms with van der Waals surface area (Å²) >= 11 is 0. The third kappa shape index (κ3) is 3.46. The van der Waals surface area contributed by atoms with Gasteiger partial charge in [0.05, 0.1) is 0 Å². The fourth-order valence-corrected chi connectivity index (χ4v) is 3.93. The Morgan fingerprint density at radius 3 is 2.32 bits per heavy atom. The van der Waals surface area contributed by atoms with Gasteiger partial charge in [0.25, 0.3) is 0 Å². The topological polar surface area (TPSA) is 15.3 Å². The predicted molar refractivity (Wildman–Crippen MR) is 122 cm³/mol. The highest BCUT2D eigenvalue weighted by molar-refractivity contribution is 5.83. The minimum absolute atomic E-state index is 0.816. The van der Waals surface area contributed by atoms with E-state index in [1.807, 2.05) is 18.2 Å². The molecule has 0 unspecified atom stereocenters. The van der Waals surface area contributed by atoms with E-state index in [2.05, 4.69) is 84.9 Å². The third-order valence-electron chi connectivity index (χ3n) is 5.33. The average Bonchev–Trinajstić information content (AvgIpc) is 3.05. The Kier molecular flexibility index (Phi) is 5.03. The summed E-state index contributed by atoms with van der Waals surface area (Å²) in [5.74, 6) is 0. The molecular weight excluding hydrogens is 340 g/mol. The van der Waals surface area contributed by atoms with E-state index in [1.165, 1.54) is 39.2 Å². The first kappa shape index (κ1) is 18.1. The summed E-state index contributed by atoms with van der Waals surface area (Å²) in [6.07, 6.45) is 4.87. The highest BCUT2D eigenvalue weighted by Gasteiger charge is 2.21. The van der Waals surface area contributed by atoms with E-state index in [0.717, 1.165) is 25.2 Å². The fraction of sp³-hybridized carbons (Fsp3) is 0.154. The van der Waals surface area contributed by atoms with Crippen LogP contribution in [0.4, 0.5) is 17.1 Å². The van der Waals surface area contributed by atoms with Gasteiger partial charge < -0.3 is 10.2 Å². The number of para-hydroxylation sites is 1. The molecule has 28 heavy (non-hydrogen) atoms. The second kappa shape index (κ2) is 7.77. The van der Waals surface area contributed by atoms with E-state index in [9.17, 15) is 0 Å². The number of hydrogen-bond acceptors (Lipinski definition) is 2. The van der Waals surface area contributed by atoms with Crippen LogP contribution in [0.25, 0.3) is 11.1 Å². The van der Waals surface area contributed by atoms with Gasteiger partial charge in [0.15, 0.2) is 0 Å². The molecule has 1 N–H and O–H groups in total. The summed E-state index contributed by atoms with van der Waals surface area (Å²) < 4.78 is 0. The van der Waals surface area contributed by atoms with E-state index in [4.69, 9.17) is 0 Å². The summed E-state index contributed by atoms with van der Waals surface area (Å²) in [7, 11) is 0. The molecule has 0 saturated heterocycles. The second-order valence-corrected chi connectivity index (χ2v) is 7.32. The molecule has 1 aliphatic carbocycles. The molecule has 0 fully saturated rings. The van der Waals surface area contributed by atoms with Crippen LogP contribution in [-0.2, 0) is 6.42 Å². The first-order valence-electron chi connectivity index (χ1n) is 9.75. The molecule has 4 rings (SSSR count). The number of aryl methyl sites for hydroxylation is 1. The van der Waals surface area contributed by atoms with Crippen molar-refractivity contribution in [2.45, 2.75) is 13.3 Å². The minimum atomic E-state index is 0.816. The fourth-order valence-electron chi connectivity index (χ4n) is 3.93. The molecule has 2 nitrogen and oxygen atoms in total. The molecule has 3 aromatic carbocycles. The largest absolute Gasteiger partial charge is 0.364 e. The Morgan fingerprint density at radius 2 is 1.61 bits per heavy atom. The normalized spacial score (nSPS) is 11.5. The monoisotopic (exact) mass is 366 g/mol. The molecule has 0 bridgehead atoms. The molecule has 0 heterocycles. The van der Waals surface area contributed by atoms with Gasteiger partial charge in [-0.3, -0.25) is 0 Å². The van der Waals surface area contributed by atoms with Gasteiger partial charge in [-0.05, 0) is 77.6 Å². The van der Waals surface area contributed by atoms with E-state index >= 15 is 0 Å². The Labute approximate surface area is 167 Å². The van der Waals surface area contributed by atoms with Crippen molar-refractivity contribution < 1.29 is 0 Å². The Hall–Kier alpha value is -3.26. The molecule has 0 radical (unpaired) electrons. The molecule has 0 atom stereocenters. The predicted octanol–water partition coefficient (Wildman–Crippen LogP) is 6.49. The van der Waals surface area contributed by atoms with E-state index in [0.29, 0.717) is 0 Å². The first-order chi connectivity index (χ1) is 13.7. The van der Waals surface area contributed by atoms with Crippen LogP contribution in [0, 0.1) is 6.92 Å². The SMILES string of the molecule is C=CCN(CC=C)c1ccc2c(c1)-c1cc(C)c(Nc3ccccc3)cc1C2. The summed E-state index contributed by atoms with van der Waals surface area (Å²) in [4.78, 5) is 2.29. The van der Waals surface area contributed by atoms with Gasteiger partial charge in [0.2, 0.25) is 0 Å². The van der Waals surface area contributed by atoms with Gasteiger partial charge >= 0.3 is 0 Å². The maximum absolute atomic E-state index is 3.89. The van der Waals surface area contributed by atoms with Crippen LogP contribution in [0.5, 0.6) is 0 Å². The van der Waals surface area contributed by atoms with Gasteiger partial charge in [-0.25, -0.2) is 0 Å². The lowest BCUT2D eigenvalue weighted by Crippen LogP contribution is -2.23. The van der Waals surface area contributed by atoms with Gasteiger partial charge in [0.1, 0.15) is 0 Å². The van der Waals surface area contributed by atoms with Gasteiger partial charge in [-0.15, -0.1) is 13.2 Å². The van der Waals surface area contributed by atoms with Crippen LogP contribution < -0.4 is 10.2 Å². The summed E-state index contributed by atoms with van der Waals surface area (Å²) in [6.45, 7) is 11.6. The number of nitrogens with zero attached hydrogens (tertiary/aromatic N) is 1.